The summed E-state index contributed by atoms with van der Waals surface area (Å²) in [6.45, 7) is 16.1. The Bertz CT molecular complexity index is 345. The summed E-state index contributed by atoms with van der Waals surface area (Å²) in [5.41, 5.74) is 0. The van der Waals surface area contributed by atoms with Crippen molar-refractivity contribution in [3.8, 4) is 0 Å². The lowest BCUT2D eigenvalue weighted by molar-refractivity contribution is -0.00361. The number of nitrogens with one attached hydrogen (secondary N) is 1. The van der Waals surface area contributed by atoms with Crippen molar-refractivity contribution in [2.75, 3.05) is 65.5 Å². The van der Waals surface area contributed by atoms with Crippen LogP contribution >= 0.6 is 0 Å². The van der Waals surface area contributed by atoms with E-state index in [-0.39, 0.29) is 12.1 Å². The van der Waals surface area contributed by atoms with Gasteiger partial charge in [-0.05, 0) is 19.4 Å². The molecule has 0 unspecified atom stereocenters. The Morgan fingerprint density at radius 1 is 1.23 bits per heavy atom. The number of urea groups is 1. The second-order valence-electron chi connectivity index (χ2n) is 6.65. The highest BCUT2D eigenvalue weighted by atomic mass is 16.5. The van der Waals surface area contributed by atoms with E-state index in [0.717, 1.165) is 32.7 Å². The molecule has 2 fully saturated rings. The molecule has 0 saturated carbocycles. The maximum Gasteiger partial charge on any atom is 0.317 e. The van der Waals surface area contributed by atoms with Crippen molar-refractivity contribution in [1.82, 2.24) is 20.0 Å². The molecule has 2 heterocycles. The largest absolute Gasteiger partial charge is 0.375 e. The third-order valence-corrected chi connectivity index (χ3v) is 4.61. The van der Waals surface area contributed by atoms with Crippen LogP contribution in [0.1, 0.15) is 20.8 Å². The highest BCUT2D eigenvalue weighted by Crippen LogP contribution is 2.07. The summed E-state index contributed by atoms with van der Waals surface area (Å²) in [6.07, 6.45) is 0.145. The number of hydrogen-bond donors (Lipinski definition) is 1. The molecule has 2 rings (SSSR count). The summed E-state index contributed by atoms with van der Waals surface area (Å²) in [7, 11) is 0. The second-order valence-corrected chi connectivity index (χ2v) is 6.65. The lowest BCUT2D eigenvalue weighted by Crippen LogP contribution is -2.51. The first-order chi connectivity index (χ1) is 10.6. The predicted octanol–water partition coefficient (Wildman–Crippen LogP) is 0.690. The number of piperazine rings is 1. The van der Waals surface area contributed by atoms with Crippen LogP contribution in [-0.4, -0.2) is 92.3 Å². The number of carbonyl (C=O) groups excluding carboxylic acids is 1. The molecule has 0 bridgehead atoms. The normalized spacial score (nSPS) is 26.0. The van der Waals surface area contributed by atoms with Gasteiger partial charge in [-0.1, -0.05) is 13.8 Å². The van der Waals surface area contributed by atoms with Crippen LogP contribution in [0.5, 0.6) is 0 Å². The van der Waals surface area contributed by atoms with E-state index in [1.807, 2.05) is 11.8 Å². The van der Waals surface area contributed by atoms with E-state index in [1.54, 1.807) is 0 Å². The van der Waals surface area contributed by atoms with E-state index in [4.69, 9.17) is 4.74 Å². The Morgan fingerprint density at radius 2 is 1.91 bits per heavy atom. The monoisotopic (exact) mass is 312 g/mol. The van der Waals surface area contributed by atoms with Gasteiger partial charge in [-0.25, -0.2) is 4.79 Å². The summed E-state index contributed by atoms with van der Waals surface area (Å²) >= 11 is 0. The van der Waals surface area contributed by atoms with Gasteiger partial charge in [0.25, 0.3) is 0 Å². The summed E-state index contributed by atoms with van der Waals surface area (Å²) in [5, 5.41) is 3.08. The van der Waals surface area contributed by atoms with Crippen molar-refractivity contribution in [2.24, 2.45) is 5.92 Å². The SMILES string of the molecule is CCN1CCN(C[C@@H](C)CNC(=O)N2CCO[C@@H](C)C2)CC1. The van der Waals surface area contributed by atoms with Crippen LogP contribution in [0.4, 0.5) is 4.79 Å². The van der Waals surface area contributed by atoms with Crippen LogP contribution < -0.4 is 5.32 Å². The lowest BCUT2D eigenvalue weighted by atomic mass is 10.1. The minimum absolute atomic E-state index is 0.0535. The zero-order chi connectivity index (χ0) is 15.9. The fourth-order valence-corrected chi connectivity index (χ4v) is 3.17. The van der Waals surface area contributed by atoms with Crippen LogP contribution in [0, 0.1) is 5.92 Å². The lowest BCUT2D eigenvalue weighted by Gasteiger charge is -2.35. The number of carbonyl (C=O) groups is 1. The number of likely N-dealkylation sites (N-methyl/N-ethyl adjacent to an activating group) is 1. The molecule has 6 nitrogen and oxygen atoms in total. The molecule has 22 heavy (non-hydrogen) atoms. The summed E-state index contributed by atoms with van der Waals surface area (Å²) < 4.78 is 5.47. The van der Waals surface area contributed by atoms with Crippen molar-refractivity contribution >= 4 is 6.03 Å². The van der Waals surface area contributed by atoms with E-state index in [2.05, 4.69) is 29.0 Å². The summed E-state index contributed by atoms with van der Waals surface area (Å²) in [6, 6.07) is 0.0535. The van der Waals surface area contributed by atoms with Crippen molar-refractivity contribution in [1.29, 1.82) is 0 Å². The predicted molar refractivity (Wildman–Crippen MR) is 88.1 cm³/mol. The zero-order valence-electron chi connectivity index (χ0n) is 14.4. The molecule has 0 aliphatic carbocycles. The van der Waals surface area contributed by atoms with Gasteiger partial charge in [0.15, 0.2) is 0 Å². The van der Waals surface area contributed by atoms with E-state index in [0.29, 0.717) is 25.6 Å². The van der Waals surface area contributed by atoms with Gasteiger partial charge in [0.1, 0.15) is 0 Å². The van der Waals surface area contributed by atoms with Gasteiger partial charge in [0.2, 0.25) is 0 Å². The average molecular weight is 312 g/mol. The number of hydrogen-bond acceptors (Lipinski definition) is 4. The molecule has 0 aromatic carbocycles. The molecule has 0 aromatic heterocycles. The van der Waals surface area contributed by atoms with E-state index < -0.39 is 0 Å². The minimum atomic E-state index is 0.0535. The third-order valence-electron chi connectivity index (χ3n) is 4.61. The number of rotatable bonds is 5. The first kappa shape index (κ1) is 17.5. The molecular formula is C16H32N4O2. The molecule has 1 N–H and O–H groups in total. The summed E-state index contributed by atoms with van der Waals surface area (Å²) in [5.74, 6) is 0.482. The second kappa shape index (κ2) is 8.70. The van der Waals surface area contributed by atoms with Crippen LogP contribution in [0.2, 0.25) is 0 Å². The molecule has 2 saturated heterocycles. The van der Waals surface area contributed by atoms with Crippen LogP contribution in [-0.2, 0) is 4.74 Å². The van der Waals surface area contributed by atoms with Crippen LogP contribution in [0.25, 0.3) is 0 Å². The van der Waals surface area contributed by atoms with Crippen molar-refractivity contribution in [3.63, 3.8) is 0 Å². The topological polar surface area (TPSA) is 48.0 Å². The van der Waals surface area contributed by atoms with Crippen LogP contribution in [0.15, 0.2) is 0 Å². The number of nitrogens with zero attached hydrogens (tertiary/aromatic N) is 3. The molecule has 0 spiro atoms. The highest BCUT2D eigenvalue weighted by molar-refractivity contribution is 5.74. The third kappa shape index (κ3) is 5.41. The maximum atomic E-state index is 12.2. The Hall–Kier alpha value is -0.850. The molecule has 128 valence electrons. The van der Waals surface area contributed by atoms with Gasteiger partial charge in [-0.15, -0.1) is 0 Å². The number of ether oxygens (including phenoxy) is 1. The van der Waals surface area contributed by atoms with E-state index >= 15 is 0 Å². The Labute approximate surface area is 134 Å². The molecule has 2 aliphatic rings. The molecule has 2 atom stereocenters. The quantitative estimate of drug-likeness (QED) is 0.811. The first-order valence-electron chi connectivity index (χ1n) is 8.67. The molecule has 2 amide bonds. The van der Waals surface area contributed by atoms with Gasteiger partial charge in [-0.2, -0.15) is 0 Å². The Balaban J connectivity index is 1.63. The van der Waals surface area contributed by atoms with Gasteiger partial charge in [0.05, 0.1) is 12.7 Å². The first-order valence-corrected chi connectivity index (χ1v) is 8.67. The molecule has 0 aromatic rings. The van der Waals surface area contributed by atoms with E-state index in [1.165, 1.54) is 13.1 Å². The molecule has 0 radical (unpaired) electrons. The maximum absolute atomic E-state index is 12.2. The zero-order valence-corrected chi connectivity index (χ0v) is 14.4. The summed E-state index contributed by atoms with van der Waals surface area (Å²) in [4.78, 5) is 19.0. The molecule has 6 heteroatoms. The van der Waals surface area contributed by atoms with Crippen LogP contribution in [0.3, 0.4) is 0 Å². The smallest absolute Gasteiger partial charge is 0.317 e. The fourth-order valence-electron chi connectivity index (χ4n) is 3.17. The number of morpholine rings is 1. The average Bonchev–Trinajstić information content (AvgIpc) is 2.53. The van der Waals surface area contributed by atoms with Crippen molar-refractivity contribution < 1.29 is 9.53 Å². The molecular weight excluding hydrogens is 280 g/mol. The highest BCUT2D eigenvalue weighted by Gasteiger charge is 2.22. The molecule has 2 aliphatic heterocycles. The van der Waals surface area contributed by atoms with Crippen molar-refractivity contribution in [3.05, 3.63) is 0 Å². The van der Waals surface area contributed by atoms with E-state index in [9.17, 15) is 4.79 Å². The minimum Gasteiger partial charge on any atom is -0.375 e. The standard InChI is InChI=1S/C16H32N4O2/c1-4-18-5-7-19(8-6-18)12-14(2)11-17-16(21)20-9-10-22-15(3)13-20/h14-15H,4-13H2,1-3H3,(H,17,21)/t14-,15-/m0/s1. The van der Waals surface area contributed by atoms with Gasteiger partial charge in [0, 0.05) is 52.4 Å². The van der Waals surface area contributed by atoms with Gasteiger partial charge < -0.3 is 24.8 Å². The fraction of sp³-hybridized carbons (Fsp3) is 0.938. The Kier molecular flexibility index (Phi) is 6.92. The van der Waals surface area contributed by atoms with Gasteiger partial charge >= 0.3 is 6.03 Å². The van der Waals surface area contributed by atoms with Crippen molar-refractivity contribution in [2.45, 2.75) is 26.9 Å². The van der Waals surface area contributed by atoms with Gasteiger partial charge in [-0.3, -0.25) is 0 Å². The number of amides is 2. The Morgan fingerprint density at radius 3 is 2.55 bits per heavy atom.